The van der Waals surface area contributed by atoms with E-state index in [9.17, 15) is 9.59 Å². The van der Waals surface area contributed by atoms with Crippen molar-refractivity contribution in [3.8, 4) is 0 Å². The summed E-state index contributed by atoms with van der Waals surface area (Å²) in [6, 6.07) is 15.1. The third-order valence-electron chi connectivity index (χ3n) is 6.04. The number of imidazole rings is 1. The van der Waals surface area contributed by atoms with Gasteiger partial charge in [0.05, 0.1) is 18.4 Å². The second kappa shape index (κ2) is 8.26. The van der Waals surface area contributed by atoms with Crippen LogP contribution in [0.1, 0.15) is 42.5 Å². The van der Waals surface area contributed by atoms with Gasteiger partial charge >= 0.3 is 6.03 Å². The second-order valence-electron chi connectivity index (χ2n) is 8.23. The van der Waals surface area contributed by atoms with Crippen LogP contribution >= 0.6 is 0 Å². The Labute approximate surface area is 180 Å². The first-order valence-electron chi connectivity index (χ1n) is 10.7. The molecule has 7 heteroatoms. The highest BCUT2D eigenvalue weighted by atomic mass is 16.2. The second-order valence-corrected chi connectivity index (χ2v) is 8.23. The summed E-state index contributed by atoms with van der Waals surface area (Å²) in [7, 11) is 0. The molecule has 3 N–H and O–H groups in total. The Morgan fingerprint density at radius 2 is 1.68 bits per heavy atom. The van der Waals surface area contributed by atoms with Crippen LogP contribution in [-0.4, -0.2) is 21.5 Å². The number of hydrogen-bond donors (Lipinski definition) is 3. The molecule has 3 aromatic rings. The normalized spacial score (nSPS) is 19.9. The minimum absolute atomic E-state index is 0.0694. The van der Waals surface area contributed by atoms with Crippen molar-refractivity contribution in [3.05, 3.63) is 78.4 Å². The molecule has 158 valence electrons. The van der Waals surface area contributed by atoms with Crippen molar-refractivity contribution in [2.75, 3.05) is 10.6 Å². The zero-order valence-electron chi connectivity index (χ0n) is 17.1. The highest BCUT2D eigenvalue weighted by Gasteiger charge is 2.32. The quantitative estimate of drug-likeness (QED) is 0.581. The summed E-state index contributed by atoms with van der Waals surface area (Å²) in [4.78, 5) is 28.9. The zero-order chi connectivity index (χ0) is 21.2. The molecule has 1 fully saturated rings. The molecule has 0 unspecified atom stereocenters. The summed E-state index contributed by atoms with van der Waals surface area (Å²) in [5.74, 6) is 0.227. The third kappa shape index (κ3) is 4.30. The largest absolute Gasteiger partial charge is 0.332 e. The highest BCUT2D eigenvalue weighted by Crippen LogP contribution is 2.37. The predicted octanol–water partition coefficient (Wildman–Crippen LogP) is 4.28. The van der Waals surface area contributed by atoms with Gasteiger partial charge in [-0.2, -0.15) is 0 Å². The van der Waals surface area contributed by atoms with E-state index < -0.39 is 0 Å². The van der Waals surface area contributed by atoms with Crippen LogP contribution in [0.4, 0.5) is 16.2 Å². The first kappa shape index (κ1) is 19.4. The van der Waals surface area contributed by atoms with Gasteiger partial charge in [0.2, 0.25) is 5.91 Å². The topological polar surface area (TPSA) is 88.0 Å². The van der Waals surface area contributed by atoms with Crippen molar-refractivity contribution in [1.82, 2.24) is 14.9 Å². The van der Waals surface area contributed by atoms with E-state index in [1.54, 1.807) is 36.8 Å². The molecule has 1 heterocycles. The van der Waals surface area contributed by atoms with E-state index in [0.29, 0.717) is 5.69 Å². The lowest BCUT2D eigenvalue weighted by Crippen LogP contribution is -2.39. The van der Waals surface area contributed by atoms with Crippen LogP contribution in [-0.2, 0) is 11.2 Å². The summed E-state index contributed by atoms with van der Waals surface area (Å²) < 4.78 is 2.07. The Morgan fingerprint density at radius 1 is 0.935 bits per heavy atom. The van der Waals surface area contributed by atoms with Gasteiger partial charge in [0.15, 0.2) is 0 Å². The average molecular weight is 415 g/mol. The fourth-order valence-corrected chi connectivity index (χ4v) is 4.24. The molecule has 1 saturated carbocycles. The van der Waals surface area contributed by atoms with Gasteiger partial charge in [0.25, 0.3) is 0 Å². The van der Waals surface area contributed by atoms with Crippen LogP contribution in [0, 0.1) is 5.92 Å². The van der Waals surface area contributed by atoms with Gasteiger partial charge in [-0.3, -0.25) is 4.79 Å². The summed E-state index contributed by atoms with van der Waals surface area (Å²) >= 11 is 0. The lowest BCUT2D eigenvalue weighted by atomic mass is 9.84. The number of carbonyl (C=O) groups is 2. The number of amides is 3. The lowest BCUT2D eigenvalue weighted by Gasteiger charge is -2.35. The maximum Gasteiger partial charge on any atom is 0.319 e. The zero-order valence-corrected chi connectivity index (χ0v) is 17.1. The summed E-state index contributed by atoms with van der Waals surface area (Å²) in [5, 5.41) is 8.98. The van der Waals surface area contributed by atoms with Gasteiger partial charge in [-0.25, -0.2) is 9.78 Å². The van der Waals surface area contributed by atoms with Gasteiger partial charge in [0.1, 0.15) is 0 Å². The molecule has 1 aromatic heterocycles. The van der Waals surface area contributed by atoms with Crippen molar-refractivity contribution in [3.63, 3.8) is 0 Å². The van der Waals surface area contributed by atoms with Crippen LogP contribution in [0.15, 0.2) is 67.3 Å². The number of rotatable bonds is 5. The SMILES string of the molecule is O=C(Nc1ccc(NC(=O)C2CC2)cc1)N[C@@H]1c2ccccc2CC[C@H]1n1ccnc1. The molecule has 0 radical (unpaired) electrons. The van der Waals surface area contributed by atoms with E-state index >= 15 is 0 Å². The van der Waals surface area contributed by atoms with E-state index in [1.807, 2.05) is 18.3 Å². The van der Waals surface area contributed by atoms with Crippen LogP contribution in [0.2, 0.25) is 0 Å². The minimum Gasteiger partial charge on any atom is -0.332 e. The van der Waals surface area contributed by atoms with E-state index in [1.165, 1.54) is 5.56 Å². The fourth-order valence-electron chi connectivity index (χ4n) is 4.24. The first-order valence-corrected chi connectivity index (χ1v) is 10.7. The van der Waals surface area contributed by atoms with Crippen molar-refractivity contribution in [1.29, 1.82) is 0 Å². The van der Waals surface area contributed by atoms with Crippen LogP contribution in [0.5, 0.6) is 0 Å². The molecule has 7 nitrogen and oxygen atoms in total. The Balaban J connectivity index is 1.28. The smallest absolute Gasteiger partial charge is 0.319 e. The molecular formula is C24H25N5O2. The number of hydrogen-bond acceptors (Lipinski definition) is 3. The van der Waals surface area contributed by atoms with E-state index in [4.69, 9.17) is 0 Å². The molecule has 0 aliphatic heterocycles. The summed E-state index contributed by atoms with van der Waals surface area (Å²) in [6.45, 7) is 0. The van der Waals surface area contributed by atoms with Crippen molar-refractivity contribution < 1.29 is 9.59 Å². The molecule has 3 amide bonds. The van der Waals surface area contributed by atoms with Gasteiger partial charge in [0, 0.05) is 29.7 Å². The summed E-state index contributed by atoms with van der Waals surface area (Å²) in [5.41, 5.74) is 3.81. The van der Waals surface area contributed by atoms with Crippen LogP contribution < -0.4 is 16.0 Å². The Morgan fingerprint density at radius 3 is 2.39 bits per heavy atom. The minimum atomic E-state index is -0.262. The maximum atomic E-state index is 12.8. The number of urea groups is 1. The molecule has 0 spiro atoms. The van der Waals surface area contributed by atoms with Crippen LogP contribution in [0.25, 0.3) is 0 Å². The maximum absolute atomic E-state index is 12.8. The fraction of sp³-hybridized carbons (Fsp3) is 0.292. The number of anilines is 2. The predicted molar refractivity (Wildman–Crippen MR) is 119 cm³/mol. The summed E-state index contributed by atoms with van der Waals surface area (Å²) in [6.07, 6.45) is 9.34. The number of nitrogens with zero attached hydrogens (tertiary/aromatic N) is 2. The lowest BCUT2D eigenvalue weighted by molar-refractivity contribution is -0.117. The molecule has 2 aliphatic carbocycles. The van der Waals surface area contributed by atoms with E-state index in [-0.39, 0.29) is 29.9 Å². The average Bonchev–Trinajstić information content (AvgIpc) is 3.50. The van der Waals surface area contributed by atoms with Gasteiger partial charge < -0.3 is 20.5 Å². The molecule has 31 heavy (non-hydrogen) atoms. The molecule has 2 aliphatic rings. The number of nitrogens with one attached hydrogen (secondary N) is 3. The Kier molecular flexibility index (Phi) is 5.16. The van der Waals surface area contributed by atoms with Gasteiger partial charge in [-0.1, -0.05) is 24.3 Å². The molecule has 0 bridgehead atoms. The third-order valence-corrected chi connectivity index (χ3v) is 6.04. The van der Waals surface area contributed by atoms with Crippen LogP contribution in [0.3, 0.4) is 0 Å². The molecule has 5 rings (SSSR count). The molecule has 0 saturated heterocycles. The number of fused-ring (bicyclic) bond motifs is 1. The Hall–Kier alpha value is -3.61. The number of benzene rings is 2. The van der Waals surface area contributed by atoms with Crippen molar-refractivity contribution >= 4 is 23.3 Å². The molecule has 2 aromatic carbocycles. The highest BCUT2D eigenvalue weighted by molar-refractivity contribution is 5.94. The number of aromatic nitrogens is 2. The standard InChI is InChI=1S/C24H25N5O2/c30-23(17-5-6-17)26-18-8-10-19(11-9-18)27-24(31)28-22-20-4-2-1-3-16(20)7-12-21(22)29-14-13-25-15-29/h1-4,8-11,13-15,17,21-22H,5-7,12H2,(H,26,30)(H2,27,28,31)/t21-,22-/m1/s1. The number of aryl methyl sites for hydroxylation is 1. The number of carbonyl (C=O) groups excluding carboxylic acids is 2. The van der Waals surface area contributed by atoms with E-state index in [2.05, 4.69) is 37.6 Å². The molecule has 2 atom stereocenters. The van der Waals surface area contributed by atoms with Crippen molar-refractivity contribution in [2.24, 2.45) is 5.92 Å². The first-order chi connectivity index (χ1) is 15.2. The van der Waals surface area contributed by atoms with E-state index in [0.717, 1.165) is 36.9 Å². The monoisotopic (exact) mass is 415 g/mol. The van der Waals surface area contributed by atoms with Gasteiger partial charge in [-0.15, -0.1) is 0 Å². The molecular weight excluding hydrogens is 390 g/mol. The van der Waals surface area contributed by atoms with Gasteiger partial charge in [-0.05, 0) is 61.1 Å². The van der Waals surface area contributed by atoms with Crippen molar-refractivity contribution in [2.45, 2.75) is 37.8 Å². The Bertz CT molecular complexity index is 1070.